The van der Waals surface area contributed by atoms with Crippen molar-refractivity contribution in [3.63, 3.8) is 0 Å². The van der Waals surface area contributed by atoms with Crippen molar-refractivity contribution in [2.24, 2.45) is 0 Å². The van der Waals surface area contributed by atoms with Crippen LogP contribution in [0.5, 0.6) is 0 Å². The van der Waals surface area contributed by atoms with E-state index in [1.807, 2.05) is 0 Å². The molecule has 0 aromatic heterocycles. The first kappa shape index (κ1) is 41.7. The van der Waals surface area contributed by atoms with Crippen molar-refractivity contribution in [3.05, 3.63) is 0 Å². The van der Waals surface area contributed by atoms with E-state index in [9.17, 15) is 9.59 Å². The van der Waals surface area contributed by atoms with Gasteiger partial charge in [-0.2, -0.15) is 0 Å². The molecule has 7 nitrogen and oxygen atoms in total. The molecule has 0 spiro atoms. The Kier molecular flexibility index (Phi) is 28.5. The molecular weight excluding hydrogens is 540 g/mol. The van der Waals surface area contributed by atoms with Crippen LogP contribution in [0.4, 0.5) is 4.79 Å². The maximum absolute atomic E-state index is 12.6. The second-order valence-electron chi connectivity index (χ2n) is 12.9. The Morgan fingerprint density at radius 2 is 1.12 bits per heavy atom. The summed E-state index contributed by atoms with van der Waals surface area (Å²) in [5, 5.41) is 8.74. The topological polar surface area (TPSA) is 79.3 Å². The summed E-state index contributed by atoms with van der Waals surface area (Å²) in [5.74, 6) is -0.701. The van der Waals surface area contributed by atoms with Crippen molar-refractivity contribution in [1.29, 1.82) is 0 Å². The van der Waals surface area contributed by atoms with Gasteiger partial charge in [-0.1, -0.05) is 104 Å². The average molecular weight is 613 g/mol. The number of likely N-dealkylation sites (N-methyl/N-ethyl adjacent to an activating group) is 1. The van der Waals surface area contributed by atoms with Crippen LogP contribution in [-0.2, 0) is 14.3 Å². The summed E-state index contributed by atoms with van der Waals surface area (Å²) >= 11 is 0. The van der Waals surface area contributed by atoms with Gasteiger partial charge in [0.05, 0.1) is 0 Å². The van der Waals surface area contributed by atoms with E-state index in [4.69, 9.17) is 14.6 Å². The van der Waals surface area contributed by atoms with Crippen molar-refractivity contribution in [3.8, 4) is 0 Å². The van der Waals surface area contributed by atoms with E-state index in [2.05, 4.69) is 51.3 Å². The van der Waals surface area contributed by atoms with E-state index in [1.54, 1.807) is 0 Å². The molecule has 0 amide bonds. The lowest BCUT2D eigenvalue weighted by atomic mass is 10.0. The number of carboxylic acids is 1. The molecule has 0 aromatic rings. The van der Waals surface area contributed by atoms with Gasteiger partial charge in [-0.3, -0.25) is 14.6 Å². The second kappa shape index (κ2) is 29.4. The lowest BCUT2D eigenvalue weighted by Crippen LogP contribution is -2.43. The molecule has 2 unspecified atom stereocenters. The van der Waals surface area contributed by atoms with Crippen LogP contribution in [0.1, 0.15) is 170 Å². The maximum atomic E-state index is 12.6. The van der Waals surface area contributed by atoms with Crippen molar-refractivity contribution >= 4 is 12.1 Å². The molecule has 7 heteroatoms. The smallest absolute Gasteiger partial charge is 0.481 e. The number of carbonyl (C=O) groups excluding carboxylic acids is 1. The Balaban J connectivity index is 4.47. The van der Waals surface area contributed by atoms with Gasteiger partial charge in [0.2, 0.25) is 0 Å². The summed E-state index contributed by atoms with van der Waals surface area (Å²) in [6.07, 6.45) is 21.4. The first-order valence-electron chi connectivity index (χ1n) is 18.3. The zero-order valence-corrected chi connectivity index (χ0v) is 29.4. The molecule has 0 aromatic carbocycles. The Morgan fingerprint density at radius 1 is 0.628 bits per heavy atom. The third-order valence-electron chi connectivity index (χ3n) is 8.82. The van der Waals surface area contributed by atoms with Crippen LogP contribution in [0, 0.1) is 0 Å². The lowest BCUT2D eigenvalue weighted by molar-refractivity contribution is -0.137. The highest BCUT2D eigenvalue weighted by Gasteiger charge is 2.18. The molecule has 2 atom stereocenters. The first-order chi connectivity index (χ1) is 20.7. The predicted molar refractivity (Wildman–Crippen MR) is 181 cm³/mol. The van der Waals surface area contributed by atoms with Gasteiger partial charge >= 0.3 is 12.1 Å². The number of aliphatic carboxylic acids is 1. The standard InChI is InChI=1S/C36H72N2O5/c1-7-10-12-17-20-24-33(6)37(9-3)28-29-38(32(4)5)30-31-42-36(41)43-34(25-21-13-11-8-2)26-22-18-15-14-16-19-23-27-35(39)40/h32-34H,7-31H2,1-6H3,(H,39,40). The van der Waals surface area contributed by atoms with Crippen LogP contribution in [0.15, 0.2) is 0 Å². The van der Waals surface area contributed by atoms with Crippen LogP contribution < -0.4 is 0 Å². The maximum Gasteiger partial charge on any atom is 0.508 e. The zero-order chi connectivity index (χ0) is 32.1. The Labute approximate surface area is 266 Å². The van der Waals surface area contributed by atoms with Gasteiger partial charge in [0.1, 0.15) is 12.7 Å². The monoisotopic (exact) mass is 613 g/mol. The molecule has 0 rings (SSSR count). The second-order valence-corrected chi connectivity index (χ2v) is 12.9. The Morgan fingerprint density at radius 3 is 1.65 bits per heavy atom. The molecule has 256 valence electrons. The highest BCUT2D eigenvalue weighted by molar-refractivity contribution is 5.66. The Bertz CT molecular complexity index is 645. The molecule has 0 saturated carbocycles. The fourth-order valence-corrected chi connectivity index (χ4v) is 5.81. The number of unbranched alkanes of at least 4 members (excludes halogenated alkanes) is 13. The Hall–Kier alpha value is -1.34. The van der Waals surface area contributed by atoms with Crippen LogP contribution in [0.3, 0.4) is 0 Å². The number of nitrogens with zero attached hydrogens (tertiary/aromatic N) is 2. The highest BCUT2D eigenvalue weighted by atomic mass is 16.7. The molecule has 0 heterocycles. The summed E-state index contributed by atoms with van der Waals surface area (Å²) in [7, 11) is 0. The van der Waals surface area contributed by atoms with E-state index >= 15 is 0 Å². The van der Waals surface area contributed by atoms with Crippen molar-refractivity contribution in [2.45, 2.75) is 188 Å². The molecule has 0 aliphatic rings. The van der Waals surface area contributed by atoms with E-state index in [0.717, 1.165) is 90.4 Å². The number of carbonyl (C=O) groups is 2. The van der Waals surface area contributed by atoms with Crippen LogP contribution in [0.25, 0.3) is 0 Å². The summed E-state index contributed by atoms with van der Waals surface area (Å²) in [6, 6.07) is 0.996. The van der Waals surface area contributed by atoms with Crippen LogP contribution in [0.2, 0.25) is 0 Å². The largest absolute Gasteiger partial charge is 0.508 e. The molecule has 0 saturated heterocycles. The van der Waals surface area contributed by atoms with E-state index < -0.39 is 12.1 Å². The fraction of sp³-hybridized carbons (Fsp3) is 0.944. The van der Waals surface area contributed by atoms with Gasteiger partial charge in [0.15, 0.2) is 0 Å². The number of carboxylic acid groups (broad SMARTS) is 1. The van der Waals surface area contributed by atoms with Crippen molar-refractivity contribution in [1.82, 2.24) is 9.80 Å². The van der Waals surface area contributed by atoms with Crippen LogP contribution >= 0.6 is 0 Å². The normalized spacial score (nSPS) is 13.1. The number of hydrogen-bond donors (Lipinski definition) is 1. The van der Waals surface area contributed by atoms with Crippen LogP contribution in [-0.4, -0.2) is 78.0 Å². The van der Waals surface area contributed by atoms with Gasteiger partial charge in [-0.05, 0) is 65.8 Å². The first-order valence-corrected chi connectivity index (χ1v) is 18.3. The minimum atomic E-state index is -0.701. The van der Waals surface area contributed by atoms with E-state index in [0.29, 0.717) is 18.7 Å². The third-order valence-corrected chi connectivity index (χ3v) is 8.82. The summed E-state index contributed by atoms with van der Waals surface area (Å²) in [5.41, 5.74) is 0. The summed E-state index contributed by atoms with van der Waals surface area (Å²) in [4.78, 5) is 28.3. The number of ether oxygens (including phenoxy) is 2. The zero-order valence-electron chi connectivity index (χ0n) is 29.4. The summed E-state index contributed by atoms with van der Waals surface area (Å²) < 4.78 is 11.4. The third kappa shape index (κ3) is 25.7. The van der Waals surface area contributed by atoms with Gasteiger partial charge < -0.3 is 14.6 Å². The average Bonchev–Trinajstić information content (AvgIpc) is 2.97. The predicted octanol–water partition coefficient (Wildman–Crippen LogP) is 9.86. The molecule has 0 radical (unpaired) electrons. The van der Waals surface area contributed by atoms with E-state index in [-0.39, 0.29) is 12.5 Å². The molecule has 0 aliphatic heterocycles. The van der Waals surface area contributed by atoms with Gasteiger partial charge in [0, 0.05) is 38.1 Å². The number of rotatable bonds is 31. The SMILES string of the molecule is CCCCCCCC(C)N(CC)CCN(CCOC(=O)OC(CCCCCC)CCCCCCCCCC(=O)O)C(C)C. The van der Waals surface area contributed by atoms with Crippen molar-refractivity contribution < 1.29 is 24.2 Å². The minimum absolute atomic E-state index is 0.0669. The highest BCUT2D eigenvalue weighted by Crippen LogP contribution is 2.18. The lowest BCUT2D eigenvalue weighted by Gasteiger charge is -2.32. The molecule has 1 N–H and O–H groups in total. The number of hydrogen-bond acceptors (Lipinski definition) is 6. The quantitative estimate of drug-likeness (QED) is 0.0616. The molecule has 43 heavy (non-hydrogen) atoms. The van der Waals surface area contributed by atoms with Crippen molar-refractivity contribution in [2.75, 3.05) is 32.8 Å². The summed E-state index contributed by atoms with van der Waals surface area (Å²) in [6.45, 7) is 17.7. The minimum Gasteiger partial charge on any atom is -0.481 e. The van der Waals surface area contributed by atoms with E-state index in [1.165, 1.54) is 57.8 Å². The van der Waals surface area contributed by atoms with Gasteiger partial charge in [0.25, 0.3) is 0 Å². The fourth-order valence-electron chi connectivity index (χ4n) is 5.81. The van der Waals surface area contributed by atoms with Gasteiger partial charge in [-0.15, -0.1) is 0 Å². The molecular formula is C36H72N2O5. The molecule has 0 fully saturated rings. The molecule has 0 bridgehead atoms. The molecule has 0 aliphatic carbocycles. The van der Waals surface area contributed by atoms with Gasteiger partial charge in [-0.25, -0.2) is 4.79 Å².